The molecule has 1 aromatic carbocycles. The third-order valence-corrected chi connectivity index (χ3v) is 4.37. The van der Waals surface area contributed by atoms with E-state index in [0.29, 0.717) is 17.4 Å². The van der Waals surface area contributed by atoms with Gasteiger partial charge in [0.2, 0.25) is 0 Å². The van der Waals surface area contributed by atoms with Crippen LogP contribution < -0.4 is 10.4 Å². The highest BCUT2D eigenvalue weighted by atomic mass is 35.5. The Morgan fingerprint density at radius 1 is 1.22 bits per heavy atom. The first-order chi connectivity index (χ1) is 11.0. The number of hydrogen-bond acceptors (Lipinski definition) is 5. The highest BCUT2D eigenvalue weighted by Crippen LogP contribution is 2.25. The van der Waals surface area contributed by atoms with Gasteiger partial charge in [-0.25, -0.2) is 9.97 Å². The Kier molecular flexibility index (Phi) is 4.54. The number of anilines is 1. The predicted molar refractivity (Wildman–Crippen MR) is 92.1 cm³/mol. The van der Waals surface area contributed by atoms with Crippen molar-refractivity contribution in [3.8, 4) is 0 Å². The van der Waals surface area contributed by atoms with Crippen molar-refractivity contribution in [1.29, 1.82) is 0 Å². The molecule has 2 heterocycles. The molecule has 1 amide bonds. The molecule has 1 saturated heterocycles. The van der Waals surface area contributed by atoms with Crippen LogP contribution >= 0.6 is 23.4 Å². The lowest BCUT2D eigenvalue weighted by atomic mass is 10.3. The highest BCUT2D eigenvalue weighted by Gasteiger charge is 2.27. The third-order valence-electron chi connectivity index (χ3n) is 3.17. The van der Waals surface area contributed by atoms with Gasteiger partial charge in [-0.1, -0.05) is 23.4 Å². The van der Waals surface area contributed by atoms with Gasteiger partial charge < -0.3 is 0 Å². The minimum Gasteiger partial charge on any atom is -0.292 e. The number of nitrogens with one attached hydrogen (secondary N) is 1. The van der Waals surface area contributed by atoms with Crippen LogP contribution in [0.2, 0.25) is 5.02 Å². The maximum absolute atomic E-state index is 12.2. The first kappa shape index (κ1) is 15.8. The Hall–Kier alpha value is -2.05. The van der Waals surface area contributed by atoms with Gasteiger partial charge in [-0.05, 0) is 49.6 Å². The van der Waals surface area contributed by atoms with E-state index in [2.05, 4.69) is 15.4 Å². The zero-order chi connectivity index (χ0) is 16.4. The zero-order valence-electron chi connectivity index (χ0n) is 12.7. The standard InChI is InChI=1S/C16H15ClN4OS/c1-10-7-11(2)19-16(18-10)21-15(22)8-13(20-21)9-23-14-5-3-12(17)4-6-14/h3-7,9,20H,8H2,1-2H3/b13-9-. The van der Waals surface area contributed by atoms with Gasteiger partial charge in [0, 0.05) is 27.0 Å². The normalized spacial score (nSPS) is 16.0. The topological polar surface area (TPSA) is 58.1 Å². The first-order valence-electron chi connectivity index (χ1n) is 7.04. The second-order valence-corrected chi connectivity index (χ2v) is 6.56. The summed E-state index contributed by atoms with van der Waals surface area (Å²) in [5.74, 6) is 0.311. The minimum atomic E-state index is -0.0713. The van der Waals surface area contributed by atoms with Crippen molar-refractivity contribution >= 4 is 35.2 Å². The van der Waals surface area contributed by atoms with Gasteiger partial charge in [0.1, 0.15) is 0 Å². The van der Waals surface area contributed by atoms with Gasteiger partial charge in [-0.3, -0.25) is 10.2 Å². The predicted octanol–water partition coefficient (Wildman–Crippen LogP) is 3.62. The summed E-state index contributed by atoms with van der Waals surface area (Å²) in [6.07, 6.45) is 0.303. The maximum atomic E-state index is 12.2. The van der Waals surface area contributed by atoms with E-state index in [9.17, 15) is 4.79 Å². The summed E-state index contributed by atoms with van der Waals surface area (Å²) in [7, 11) is 0. The average molecular weight is 347 g/mol. The smallest absolute Gasteiger partial charge is 0.254 e. The molecule has 1 aliphatic heterocycles. The van der Waals surface area contributed by atoms with E-state index in [1.807, 2.05) is 49.6 Å². The van der Waals surface area contributed by atoms with E-state index in [1.165, 1.54) is 16.8 Å². The lowest BCUT2D eigenvalue weighted by molar-refractivity contribution is -0.117. The number of carbonyl (C=O) groups is 1. The fraction of sp³-hybridized carbons (Fsp3) is 0.188. The number of benzene rings is 1. The van der Waals surface area contributed by atoms with Crippen LogP contribution in [-0.4, -0.2) is 15.9 Å². The molecule has 23 heavy (non-hydrogen) atoms. The number of carbonyl (C=O) groups excluding carboxylic acids is 1. The number of aromatic nitrogens is 2. The van der Waals surface area contributed by atoms with Gasteiger partial charge in [0.15, 0.2) is 0 Å². The summed E-state index contributed by atoms with van der Waals surface area (Å²) in [6, 6.07) is 9.42. The van der Waals surface area contributed by atoms with Crippen molar-refractivity contribution in [2.75, 3.05) is 5.01 Å². The summed E-state index contributed by atoms with van der Waals surface area (Å²) >= 11 is 7.40. The Bertz CT molecular complexity index is 756. The maximum Gasteiger partial charge on any atom is 0.254 e. The minimum absolute atomic E-state index is 0.0713. The van der Waals surface area contributed by atoms with Gasteiger partial charge in [0.05, 0.1) is 6.42 Å². The Labute approximate surface area is 143 Å². The molecule has 0 aliphatic carbocycles. The number of rotatable bonds is 3. The number of halogens is 1. The molecule has 2 aromatic rings. The molecule has 1 aliphatic rings. The fourth-order valence-electron chi connectivity index (χ4n) is 2.18. The summed E-state index contributed by atoms with van der Waals surface area (Å²) in [6.45, 7) is 3.76. The average Bonchev–Trinajstić information content (AvgIpc) is 2.87. The second kappa shape index (κ2) is 6.60. The van der Waals surface area contributed by atoms with E-state index in [4.69, 9.17) is 11.6 Å². The Morgan fingerprint density at radius 2 is 1.87 bits per heavy atom. The molecule has 118 valence electrons. The van der Waals surface area contributed by atoms with Crippen LogP contribution in [0.4, 0.5) is 5.95 Å². The molecule has 1 aromatic heterocycles. The van der Waals surface area contributed by atoms with E-state index in [-0.39, 0.29) is 5.91 Å². The van der Waals surface area contributed by atoms with Crippen LogP contribution in [-0.2, 0) is 4.79 Å². The number of hydrogen-bond donors (Lipinski definition) is 1. The van der Waals surface area contributed by atoms with E-state index in [1.54, 1.807) is 0 Å². The summed E-state index contributed by atoms with van der Waals surface area (Å²) < 4.78 is 0. The van der Waals surface area contributed by atoms with E-state index < -0.39 is 0 Å². The van der Waals surface area contributed by atoms with E-state index in [0.717, 1.165) is 22.0 Å². The molecule has 1 fully saturated rings. The number of hydrazine groups is 1. The largest absolute Gasteiger partial charge is 0.292 e. The number of aryl methyl sites for hydroxylation is 2. The van der Waals surface area contributed by atoms with Gasteiger partial charge >= 0.3 is 0 Å². The summed E-state index contributed by atoms with van der Waals surface area (Å²) in [5, 5.41) is 4.02. The molecule has 0 spiro atoms. The van der Waals surface area contributed by atoms with Crippen LogP contribution in [0.25, 0.3) is 0 Å². The quantitative estimate of drug-likeness (QED) is 0.860. The molecule has 0 saturated carbocycles. The fourth-order valence-corrected chi connectivity index (χ4v) is 3.01. The third kappa shape index (κ3) is 3.83. The van der Waals surface area contributed by atoms with Gasteiger partial charge in [-0.2, -0.15) is 5.01 Å². The van der Waals surface area contributed by atoms with Gasteiger partial charge in [-0.15, -0.1) is 0 Å². The number of thioether (sulfide) groups is 1. The highest BCUT2D eigenvalue weighted by molar-refractivity contribution is 8.02. The molecule has 0 bridgehead atoms. The molecule has 5 nitrogen and oxygen atoms in total. The summed E-state index contributed by atoms with van der Waals surface area (Å²) in [4.78, 5) is 21.9. The zero-order valence-corrected chi connectivity index (χ0v) is 14.3. The molecule has 0 atom stereocenters. The van der Waals surface area contributed by atoms with Crippen molar-refractivity contribution in [2.45, 2.75) is 25.2 Å². The molecule has 0 radical (unpaired) electrons. The Morgan fingerprint density at radius 3 is 2.52 bits per heavy atom. The van der Waals surface area contributed by atoms with Crippen molar-refractivity contribution < 1.29 is 4.79 Å². The van der Waals surface area contributed by atoms with Crippen LogP contribution in [0.15, 0.2) is 46.3 Å². The van der Waals surface area contributed by atoms with Crippen LogP contribution in [0.5, 0.6) is 0 Å². The van der Waals surface area contributed by atoms with Crippen molar-refractivity contribution in [1.82, 2.24) is 15.4 Å². The monoisotopic (exact) mass is 346 g/mol. The molecule has 1 N–H and O–H groups in total. The Balaban J connectivity index is 1.74. The van der Waals surface area contributed by atoms with Crippen LogP contribution in [0, 0.1) is 13.8 Å². The van der Waals surface area contributed by atoms with E-state index >= 15 is 0 Å². The van der Waals surface area contributed by atoms with Crippen LogP contribution in [0.1, 0.15) is 17.8 Å². The van der Waals surface area contributed by atoms with Crippen molar-refractivity contribution in [3.05, 3.63) is 57.8 Å². The summed E-state index contributed by atoms with van der Waals surface area (Å²) in [5.41, 5.74) is 5.54. The second-order valence-electron chi connectivity index (χ2n) is 5.18. The SMILES string of the molecule is Cc1cc(C)nc(N2N/C(=C\Sc3ccc(Cl)cc3)CC2=O)n1. The number of amides is 1. The van der Waals surface area contributed by atoms with Crippen molar-refractivity contribution in [2.24, 2.45) is 0 Å². The van der Waals surface area contributed by atoms with Crippen LogP contribution in [0.3, 0.4) is 0 Å². The lowest BCUT2D eigenvalue weighted by Gasteiger charge is -2.14. The molecule has 3 rings (SSSR count). The molecule has 0 unspecified atom stereocenters. The van der Waals surface area contributed by atoms with Crippen molar-refractivity contribution in [3.63, 3.8) is 0 Å². The van der Waals surface area contributed by atoms with Gasteiger partial charge in [0.25, 0.3) is 11.9 Å². The molecule has 7 heteroatoms. The molecular formula is C16H15ClN4OS. The molecular weight excluding hydrogens is 332 g/mol. The first-order valence-corrected chi connectivity index (χ1v) is 8.30. The lowest BCUT2D eigenvalue weighted by Crippen LogP contribution is -2.35. The number of nitrogens with zero attached hydrogens (tertiary/aromatic N) is 3.